The Morgan fingerprint density at radius 3 is 2.70 bits per heavy atom. The van der Waals surface area contributed by atoms with Gasteiger partial charge in [-0.25, -0.2) is 9.97 Å². The number of ether oxygens (including phenoxy) is 1. The zero-order valence-corrected chi connectivity index (χ0v) is 18.6. The van der Waals surface area contributed by atoms with Gasteiger partial charge >= 0.3 is 0 Å². The normalized spacial score (nSPS) is 22.9. The number of primary amides is 1. The van der Waals surface area contributed by atoms with Crippen LogP contribution in [0.25, 0.3) is 10.2 Å². The molecule has 2 heterocycles. The van der Waals surface area contributed by atoms with Gasteiger partial charge in [-0.1, -0.05) is 0 Å². The second-order valence-electron chi connectivity index (χ2n) is 7.86. The van der Waals surface area contributed by atoms with Crippen molar-refractivity contribution in [2.75, 3.05) is 13.6 Å². The van der Waals surface area contributed by atoms with E-state index in [0.29, 0.717) is 18.3 Å². The van der Waals surface area contributed by atoms with Crippen molar-refractivity contribution in [3.8, 4) is 5.88 Å². The van der Waals surface area contributed by atoms with Crippen molar-refractivity contribution < 1.29 is 14.3 Å². The highest BCUT2D eigenvalue weighted by atomic mass is 35.5. The van der Waals surface area contributed by atoms with Gasteiger partial charge in [0.15, 0.2) is 0 Å². The molecule has 2 aromatic rings. The Morgan fingerprint density at radius 2 is 2.00 bits per heavy atom. The maximum atomic E-state index is 12.2. The summed E-state index contributed by atoms with van der Waals surface area (Å²) in [5, 5.41) is 6.90. The number of nitrogens with zero attached hydrogens (tertiary/aromatic N) is 2. The number of hydrogen-bond donors (Lipinski definition) is 3. The molecule has 30 heavy (non-hydrogen) atoms. The Labute approximate surface area is 185 Å². The number of fused-ring (bicyclic) bond motifs is 3. The number of hydrogen-bond acceptors (Lipinski definition) is 7. The lowest BCUT2D eigenvalue weighted by Crippen LogP contribution is -2.34. The number of carbonyl (C=O) groups excluding carboxylic acids is 2. The maximum absolute atomic E-state index is 12.2. The van der Waals surface area contributed by atoms with Gasteiger partial charge in [-0.3, -0.25) is 9.59 Å². The number of nitrogens with two attached hydrogens (primary N) is 1. The molecule has 1 atom stereocenters. The third kappa shape index (κ3) is 4.84. The first-order valence-electron chi connectivity index (χ1n) is 10.2. The van der Waals surface area contributed by atoms with E-state index in [4.69, 9.17) is 10.5 Å². The van der Waals surface area contributed by atoms with E-state index < -0.39 is 5.91 Å². The summed E-state index contributed by atoms with van der Waals surface area (Å²) in [4.78, 5) is 34.3. The molecule has 4 N–H and O–H groups in total. The van der Waals surface area contributed by atoms with Gasteiger partial charge in [-0.05, 0) is 57.1 Å². The summed E-state index contributed by atoms with van der Waals surface area (Å²) in [7, 11) is 2.01. The molecule has 2 aliphatic carbocycles. The minimum atomic E-state index is -0.538. The molecule has 8 nitrogen and oxygen atoms in total. The number of aromatic nitrogens is 2. The number of rotatable bonds is 7. The molecule has 1 fully saturated rings. The van der Waals surface area contributed by atoms with Gasteiger partial charge in [-0.2, -0.15) is 0 Å². The average molecular weight is 454 g/mol. The third-order valence-corrected chi connectivity index (χ3v) is 7.12. The fourth-order valence-corrected chi connectivity index (χ4v) is 5.67. The molecule has 0 spiro atoms. The molecular formula is C20H28ClN5O3S. The van der Waals surface area contributed by atoms with Gasteiger partial charge in [0.25, 0.3) is 0 Å². The van der Waals surface area contributed by atoms with Crippen LogP contribution in [0.15, 0.2) is 6.33 Å². The number of amides is 2. The van der Waals surface area contributed by atoms with Gasteiger partial charge in [0, 0.05) is 17.3 Å². The standard InChI is InChI=1S/C20H27N5O3S.ClH/c1-22-12-3-5-13(6-4-12)28-19-18-17-11(8-16(27)23-9-15(21)26)2-7-14(17)29-20(18)25-10-24-19;/h10-13,22H,2-9H2,1H3,(H2,21,26)(H,23,27);1H/t11-,12?,13?;/m1./s1. The largest absolute Gasteiger partial charge is 0.474 e. The van der Waals surface area contributed by atoms with Crippen molar-refractivity contribution in [2.24, 2.45) is 5.73 Å². The summed E-state index contributed by atoms with van der Waals surface area (Å²) < 4.78 is 6.34. The summed E-state index contributed by atoms with van der Waals surface area (Å²) in [5.74, 6) is 0.0269. The van der Waals surface area contributed by atoms with Crippen LogP contribution in [-0.4, -0.2) is 47.5 Å². The van der Waals surface area contributed by atoms with Crippen molar-refractivity contribution in [3.63, 3.8) is 0 Å². The lowest BCUT2D eigenvalue weighted by molar-refractivity contribution is -0.125. The van der Waals surface area contributed by atoms with Gasteiger partial charge < -0.3 is 21.1 Å². The van der Waals surface area contributed by atoms with Gasteiger partial charge in [-0.15, -0.1) is 23.7 Å². The Bertz CT molecular complexity index is 913. The average Bonchev–Trinajstić information content (AvgIpc) is 3.27. The molecule has 0 bridgehead atoms. The van der Waals surface area contributed by atoms with E-state index in [1.807, 2.05) is 7.05 Å². The topological polar surface area (TPSA) is 119 Å². The summed E-state index contributed by atoms with van der Waals surface area (Å²) >= 11 is 1.67. The van der Waals surface area contributed by atoms with Crippen LogP contribution in [0.5, 0.6) is 5.88 Å². The third-order valence-electron chi connectivity index (χ3n) is 5.95. The smallest absolute Gasteiger partial charge is 0.236 e. The van der Waals surface area contributed by atoms with Crippen LogP contribution in [0.1, 0.15) is 54.9 Å². The Kier molecular flexibility index (Phi) is 7.49. The van der Waals surface area contributed by atoms with Crippen LogP contribution in [0.2, 0.25) is 0 Å². The van der Waals surface area contributed by atoms with Crippen molar-refractivity contribution in [3.05, 3.63) is 16.8 Å². The quantitative estimate of drug-likeness (QED) is 0.590. The molecule has 2 amide bonds. The van der Waals surface area contributed by atoms with Gasteiger partial charge in [0.1, 0.15) is 17.3 Å². The van der Waals surface area contributed by atoms with Crippen LogP contribution in [0.3, 0.4) is 0 Å². The number of thiophene rings is 1. The van der Waals surface area contributed by atoms with E-state index >= 15 is 0 Å². The van der Waals surface area contributed by atoms with Crippen LogP contribution in [0.4, 0.5) is 0 Å². The molecule has 2 aliphatic rings. The minimum Gasteiger partial charge on any atom is -0.474 e. The minimum absolute atomic E-state index is 0. The molecule has 2 aromatic heterocycles. The van der Waals surface area contributed by atoms with Crippen molar-refractivity contribution >= 4 is 45.8 Å². The maximum Gasteiger partial charge on any atom is 0.236 e. The number of aryl methyl sites for hydroxylation is 1. The Hall–Kier alpha value is -1.97. The second-order valence-corrected chi connectivity index (χ2v) is 8.94. The summed E-state index contributed by atoms with van der Waals surface area (Å²) in [6.07, 6.45) is 8.08. The molecule has 0 radical (unpaired) electrons. The van der Waals surface area contributed by atoms with E-state index in [9.17, 15) is 9.59 Å². The van der Waals surface area contributed by atoms with E-state index in [1.165, 1.54) is 4.88 Å². The summed E-state index contributed by atoms with van der Waals surface area (Å²) in [6, 6.07) is 0.564. The van der Waals surface area contributed by atoms with Crippen LogP contribution in [0, 0.1) is 0 Å². The summed E-state index contributed by atoms with van der Waals surface area (Å²) in [5.41, 5.74) is 6.27. The first-order valence-corrected chi connectivity index (χ1v) is 11.0. The number of nitrogens with one attached hydrogen (secondary N) is 2. The molecule has 0 saturated heterocycles. The first-order chi connectivity index (χ1) is 14.0. The van der Waals surface area contributed by atoms with Crippen LogP contribution in [-0.2, 0) is 16.0 Å². The molecule has 0 unspecified atom stereocenters. The van der Waals surface area contributed by atoms with Crippen LogP contribution >= 0.6 is 23.7 Å². The SMILES string of the molecule is CNC1CCC(Oc2ncnc3sc4c(c23)[C@@H](CC(=O)NCC(N)=O)CC4)CC1.Cl. The highest BCUT2D eigenvalue weighted by Crippen LogP contribution is 2.47. The zero-order chi connectivity index (χ0) is 20.4. The van der Waals surface area contributed by atoms with E-state index in [1.54, 1.807) is 17.7 Å². The fourth-order valence-electron chi connectivity index (χ4n) is 4.44. The van der Waals surface area contributed by atoms with E-state index in [2.05, 4.69) is 20.6 Å². The number of carbonyl (C=O) groups is 2. The lowest BCUT2D eigenvalue weighted by Gasteiger charge is -2.28. The lowest BCUT2D eigenvalue weighted by atomic mass is 9.93. The van der Waals surface area contributed by atoms with Crippen molar-refractivity contribution in [1.29, 1.82) is 0 Å². The highest BCUT2D eigenvalue weighted by molar-refractivity contribution is 7.19. The predicted molar refractivity (Wildman–Crippen MR) is 118 cm³/mol. The molecule has 1 saturated carbocycles. The predicted octanol–water partition coefficient (Wildman–Crippen LogP) is 2.04. The Balaban J connectivity index is 0.00000256. The first kappa shape index (κ1) is 22.7. The van der Waals surface area contributed by atoms with Crippen LogP contribution < -0.4 is 21.1 Å². The van der Waals surface area contributed by atoms with Gasteiger partial charge in [0.2, 0.25) is 17.7 Å². The fraction of sp³-hybridized carbons (Fsp3) is 0.600. The van der Waals surface area contributed by atoms with Crippen molar-refractivity contribution in [2.45, 2.75) is 63.0 Å². The highest BCUT2D eigenvalue weighted by Gasteiger charge is 2.32. The number of halogens is 1. The second kappa shape index (κ2) is 9.89. The monoisotopic (exact) mass is 453 g/mol. The van der Waals surface area contributed by atoms with E-state index in [0.717, 1.165) is 54.3 Å². The zero-order valence-electron chi connectivity index (χ0n) is 17.0. The summed E-state index contributed by atoms with van der Waals surface area (Å²) in [6.45, 7) is -0.129. The molecular weight excluding hydrogens is 426 g/mol. The Morgan fingerprint density at radius 1 is 1.23 bits per heavy atom. The van der Waals surface area contributed by atoms with Gasteiger partial charge in [0.05, 0.1) is 11.9 Å². The van der Waals surface area contributed by atoms with E-state index in [-0.39, 0.29) is 36.9 Å². The molecule has 10 heteroatoms. The molecule has 164 valence electrons. The molecule has 0 aromatic carbocycles. The molecule has 0 aliphatic heterocycles. The molecule has 4 rings (SSSR count). The van der Waals surface area contributed by atoms with Crippen molar-refractivity contribution in [1.82, 2.24) is 20.6 Å².